The highest BCUT2D eigenvalue weighted by Gasteiger charge is 2.26. The maximum absolute atomic E-state index is 13.0. The third-order valence-electron chi connectivity index (χ3n) is 5.82. The zero-order valence-corrected chi connectivity index (χ0v) is 17.8. The first-order chi connectivity index (χ1) is 13.5. The molecule has 0 radical (unpaired) electrons. The molecule has 0 atom stereocenters. The number of amides is 1. The molecule has 0 bridgehead atoms. The maximum Gasteiger partial charge on any atom is 0.251 e. The van der Waals surface area contributed by atoms with E-state index in [0.717, 1.165) is 50.9 Å². The van der Waals surface area contributed by atoms with Gasteiger partial charge in [-0.25, -0.2) is 8.42 Å². The molecular weight excluding hydrogens is 374 g/mol. The number of rotatable bonds is 6. The van der Waals surface area contributed by atoms with E-state index < -0.39 is 10.0 Å². The molecule has 1 aromatic rings. The van der Waals surface area contributed by atoms with Crippen LogP contribution in [0.25, 0.3) is 0 Å². The summed E-state index contributed by atoms with van der Waals surface area (Å²) >= 11 is 0. The first kappa shape index (κ1) is 21.3. The van der Waals surface area contributed by atoms with Crippen LogP contribution in [0.15, 0.2) is 23.1 Å². The van der Waals surface area contributed by atoms with Crippen molar-refractivity contribution in [2.45, 2.75) is 56.8 Å². The van der Waals surface area contributed by atoms with Gasteiger partial charge in [-0.1, -0.05) is 25.3 Å². The van der Waals surface area contributed by atoms with Crippen molar-refractivity contribution in [1.29, 1.82) is 0 Å². The van der Waals surface area contributed by atoms with Crippen molar-refractivity contribution in [3.8, 4) is 0 Å². The molecule has 2 heterocycles. The lowest BCUT2D eigenvalue weighted by Gasteiger charge is -2.26. The van der Waals surface area contributed by atoms with E-state index in [0.29, 0.717) is 25.2 Å². The van der Waals surface area contributed by atoms with Crippen molar-refractivity contribution >= 4 is 15.9 Å². The zero-order chi connectivity index (χ0) is 20.0. The molecule has 6 nitrogen and oxygen atoms in total. The molecule has 0 aliphatic carbocycles. The number of benzene rings is 1. The van der Waals surface area contributed by atoms with E-state index in [2.05, 4.69) is 10.2 Å². The van der Waals surface area contributed by atoms with Crippen molar-refractivity contribution in [2.75, 3.05) is 39.3 Å². The average molecular weight is 408 g/mol. The number of hydrogen-bond donors (Lipinski definition) is 1. The Balaban J connectivity index is 1.67. The van der Waals surface area contributed by atoms with Crippen molar-refractivity contribution in [3.63, 3.8) is 0 Å². The second-order valence-electron chi connectivity index (χ2n) is 7.95. The van der Waals surface area contributed by atoms with Gasteiger partial charge in [-0.3, -0.25) is 4.79 Å². The fraction of sp³-hybridized carbons (Fsp3) is 0.667. The number of likely N-dealkylation sites (tertiary alicyclic amines) is 1. The minimum atomic E-state index is -3.55. The van der Waals surface area contributed by atoms with E-state index in [-0.39, 0.29) is 10.8 Å². The number of nitrogens with one attached hydrogen (secondary N) is 1. The molecule has 7 heteroatoms. The van der Waals surface area contributed by atoms with Gasteiger partial charge in [0.1, 0.15) is 0 Å². The summed E-state index contributed by atoms with van der Waals surface area (Å²) in [7, 11) is -3.55. The largest absolute Gasteiger partial charge is 0.351 e. The Morgan fingerprint density at radius 1 is 0.964 bits per heavy atom. The van der Waals surface area contributed by atoms with Gasteiger partial charge in [0.05, 0.1) is 4.90 Å². The van der Waals surface area contributed by atoms with Crippen LogP contribution in [0.4, 0.5) is 0 Å². The minimum absolute atomic E-state index is 0.192. The molecular formula is C21H33N3O3S. The lowest BCUT2D eigenvalue weighted by Crippen LogP contribution is -2.38. The Morgan fingerprint density at radius 3 is 2.25 bits per heavy atom. The third-order valence-corrected chi connectivity index (χ3v) is 7.71. The van der Waals surface area contributed by atoms with Crippen LogP contribution in [-0.2, 0) is 10.0 Å². The molecule has 0 unspecified atom stereocenters. The Labute approximate surface area is 169 Å². The Bertz CT molecular complexity index is 765. The molecule has 0 aromatic heterocycles. The number of carbonyl (C=O) groups is 1. The van der Waals surface area contributed by atoms with Gasteiger partial charge in [0.25, 0.3) is 5.91 Å². The first-order valence-corrected chi connectivity index (χ1v) is 12.0. The summed E-state index contributed by atoms with van der Waals surface area (Å²) in [6.45, 7) is 6.60. The van der Waals surface area contributed by atoms with Gasteiger partial charge in [0.15, 0.2) is 0 Å². The predicted molar refractivity (Wildman–Crippen MR) is 111 cm³/mol. The molecule has 1 N–H and O–H groups in total. The van der Waals surface area contributed by atoms with E-state index in [9.17, 15) is 13.2 Å². The highest BCUT2D eigenvalue weighted by molar-refractivity contribution is 7.89. The molecule has 2 saturated heterocycles. The van der Waals surface area contributed by atoms with Crippen molar-refractivity contribution < 1.29 is 13.2 Å². The van der Waals surface area contributed by atoms with Crippen LogP contribution in [0.1, 0.15) is 60.9 Å². The number of nitrogens with zero attached hydrogens (tertiary/aromatic N) is 2. The molecule has 3 rings (SSSR count). The number of piperidine rings is 1. The van der Waals surface area contributed by atoms with Crippen LogP contribution in [0.2, 0.25) is 0 Å². The molecule has 2 fully saturated rings. The van der Waals surface area contributed by atoms with Gasteiger partial charge in [0, 0.05) is 31.7 Å². The minimum Gasteiger partial charge on any atom is -0.351 e. The monoisotopic (exact) mass is 407 g/mol. The van der Waals surface area contributed by atoms with E-state index in [4.69, 9.17) is 0 Å². The Kier molecular flexibility index (Phi) is 7.48. The van der Waals surface area contributed by atoms with E-state index >= 15 is 0 Å². The fourth-order valence-electron chi connectivity index (χ4n) is 4.04. The average Bonchev–Trinajstić information content (AvgIpc) is 2.99. The first-order valence-electron chi connectivity index (χ1n) is 10.6. The number of hydrogen-bond acceptors (Lipinski definition) is 4. The molecule has 1 amide bonds. The second kappa shape index (κ2) is 9.85. The quantitative estimate of drug-likeness (QED) is 0.787. The molecule has 2 aliphatic heterocycles. The van der Waals surface area contributed by atoms with Gasteiger partial charge < -0.3 is 10.2 Å². The van der Waals surface area contributed by atoms with E-state index in [1.165, 1.54) is 19.3 Å². The molecule has 2 aliphatic rings. The summed E-state index contributed by atoms with van der Waals surface area (Å²) in [5, 5.41) is 2.97. The third kappa shape index (κ3) is 5.33. The molecule has 28 heavy (non-hydrogen) atoms. The number of sulfonamides is 1. The van der Waals surface area contributed by atoms with Gasteiger partial charge in [0.2, 0.25) is 10.0 Å². The van der Waals surface area contributed by atoms with Gasteiger partial charge in [-0.2, -0.15) is 4.31 Å². The Morgan fingerprint density at radius 2 is 1.57 bits per heavy atom. The smallest absolute Gasteiger partial charge is 0.251 e. The highest BCUT2D eigenvalue weighted by atomic mass is 32.2. The van der Waals surface area contributed by atoms with E-state index in [1.807, 2.05) is 6.92 Å². The summed E-state index contributed by atoms with van der Waals surface area (Å²) < 4.78 is 27.6. The van der Waals surface area contributed by atoms with Gasteiger partial charge >= 0.3 is 0 Å². The molecule has 0 spiro atoms. The van der Waals surface area contributed by atoms with Gasteiger partial charge in [-0.05, 0) is 63.4 Å². The predicted octanol–water partition coefficient (Wildman–Crippen LogP) is 2.78. The highest BCUT2D eigenvalue weighted by Crippen LogP contribution is 2.22. The molecule has 156 valence electrons. The second-order valence-corrected chi connectivity index (χ2v) is 9.89. The lowest BCUT2D eigenvalue weighted by atomic mass is 10.1. The van der Waals surface area contributed by atoms with Crippen LogP contribution < -0.4 is 5.32 Å². The van der Waals surface area contributed by atoms with Crippen LogP contribution in [0.5, 0.6) is 0 Å². The van der Waals surface area contributed by atoms with Crippen molar-refractivity contribution in [1.82, 2.24) is 14.5 Å². The summed E-state index contributed by atoms with van der Waals surface area (Å²) in [4.78, 5) is 15.3. The number of aryl methyl sites for hydroxylation is 1. The molecule has 0 saturated carbocycles. The molecule has 1 aromatic carbocycles. The topological polar surface area (TPSA) is 69.7 Å². The van der Waals surface area contributed by atoms with E-state index in [1.54, 1.807) is 22.5 Å². The fourth-order valence-corrected chi connectivity index (χ4v) is 5.59. The van der Waals surface area contributed by atoms with Crippen LogP contribution in [0, 0.1) is 6.92 Å². The summed E-state index contributed by atoms with van der Waals surface area (Å²) in [5.74, 6) is -0.192. The summed E-state index contributed by atoms with van der Waals surface area (Å²) in [6.07, 6.45) is 7.69. The standard InChI is InChI=1S/C21H33N3O3S/c1-18-9-10-19(28(26,27)24-14-7-2-3-8-15-24)17-20(18)21(25)22-11-16-23-12-5-4-6-13-23/h9-10,17H,2-8,11-16H2,1H3,(H,22,25). The van der Waals surface area contributed by atoms with Crippen molar-refractivity contribution in [3.05, 3.63) is 29.3 Å². The van der Waals surface area contributed by atoms with Crippen LogP contribution in [0.3, 0.4) is 0 Å². The normalized spacial score (nSPS) is 19.9. The van der Waals surface area contributed by atoms with Crippen LogP contribution >= 0.6 is 0 Å². The zero-order valence-electron chi connectivity index (χ0n) is 17.0. The lowest BCUT2D eigenvalue weighted by molar-refractivity contribution is 0.0945. The summed E-state index contributed by atoms with van der Waals surface area (Å²) in [5.41, 5.74) is 1.25. The van der Waals surface area contributed by atoms with Crippen molar-refractivity contribution in [2.24, 2.45) is 0 Å². The van der Waals surface area contributed by atoms with Crippen LogP contribution in [-0.4, -0.2) is 62.8 Å². The maximum atomic E-state index is 13.0. The SMILES string of the molecule is Cc1ccc(S(=O)(=O)N2CCCCCC2)cc1C(=O)NCCN1CCCCC1. The number of carbonyl (C=O) groups excluding carboxylic acids is 1. The Hall–Kier alpha value is -1.44. The summed E-state index contributed by atoms with van der Waals surface area (Å²) in [6, 6.07) is 4.91. The van der Waals surface area contributed by atoms with Gasteiger partial charge in [-0.15, -0.1) is 0 Å².